The zero-order valence-corrected chi connectivity index (χ0v) is 10.5. The Morgan fingerprint density at radius 1 is 1.44 bits per heavy atom. The van der Waals surface area contributed by atoms with Crippen LogP contribution in [0.5, 0.6) is 0 Å². The fourth-order valence-corrected chi connectivity index (χ4v) is 2.54. The van der Waals surface area contributed by atoms with E-state index < -0.39 is 0 Å². The lowest BCUT2D eigenvalue weighted by molar-refractivity contribution is -0.0294. The Kier molecular flexibility index (Phi) is 2.69. The lowest BCUT2D eigenvalue weighted by Crippen LogP contribution is -2.17. The molecule has 1 aliphatic rings. The van der Waals surface area contributed by atoms with Gasteiger partial charge in [-0.2, -0.15) is 0 Å². The Hall–Kier alpha value is -0.870. The molecule has 0 spiro atoms. The van der Waals surface area contributed by atoms with E-state index >= 15 is 0 Å². The average Bonchev–Trinajstić information content (AvgIpc) is 2.73. The molecule has 0 aromatic carbocycles. The van der Waals surface area contributed by atoms with Crippen LogP contribution >= 0.6 is 15.9 Å². The van der Waals surface area contributed by atoms with Gasteiger partial charge in [0.05, 0.1) is 0 Å². The van der Waals surface area contributed by atoms with Crippen LogP contribution in [0.4, 0.5) is 0 Å². The van der Waals surface area contributed by atoms with Crippen molar-refractivity contribution in [2.45, 2.75) is 25.5 Å². The summed E-state index contributed by atoms with van der Waals surface area (Å²) in [5.74, 6) is 0. The number of hydrogen-bond acceptors (Lipinski definition) is 2. The monoisotopic (exact) mass is 280 g/mol. The van der Waals surface area contributed by atoms with E-state index in [4.69, 9.17) is 4.74 Å². The molecule has 0 radical (unpaired) electrons. The van der Waals surface area contributed by atoms with Crippen LogP contribution in [-0.2, 0) is 4.74 Å². The van der Waals surface area contributed by atoms with Crippen molar-refractivity contribution in [3.05, 3.63) is 29.0 Å². The summed E-state index contributed by atoms with van der Waals surface area (Å²) in [5, 5.41) is 1.16. The van der Waals surface area contributed by atoms with Gasteiger partial charge in [-0.25, -0.2) is 4.98 Å². The molecule has 3 nitrogen and oxygen atoms in total. The molecule has 2 aromatic heterocycles. The zero-order valence-electron chi connectivity index (χ0n) is 8.90. The van der Waals surface area contributed by atoms with E-state index in [2.05, 4.69) is 43.8 Å². The first-order valence-corrected chi connectivity index (χ1v) is 6.37. The normalized spacial score (nSPS) is 21.4. The largest absolute Gasteiger partial charge is 0.358 e. The molecule has 0 saturated carbocycles. The molecular weight excluding hydrogens is 268 g/mol. The van der Waals surface area contributed by atoms with Crippen molar-refractivity contribution in [1.82, 2.24) is 9.55 Å². The van der Waals surface area contributed by atoms with Crippen LogP contribution in [0.15, 0.2) is 29.0 Å². The molecule has 1 atom stereocenters. The third kappa shape index (κ3) is 1.76. The fourth-order valence-electron chi connectivity index (χ4n) is 2.19. The van der Waals surface area contributed by atoms with Gasteiger partial charge in [-0.1, -0.05) is 0 Å². The quantitative estimate of drug-likeness (QED) is 0.800. The summed E-state index contributed by atoms with van der Waals surface area (Å²) in [6.07, 6.45) is 7.57. The summed E-state index contributed by atoms with van der Waals surface area (Å²) in [6.45, 7) is 0.862. The van der Waals surface area contributed by atoms with Crippen LogP contribution in [0.25, 0.3) is 11.0 Å². The lowest BCUT2D eigenvalue weighted by atomic mass is 10.2. The number of rotatable bonds is 1. The molecule has 3 rings (SSSR count). The molecule has 4 heteroatoms. The van der Waals surface area contributed by atoms with Gasteiger partial charge in [0.15, 0.2) is 0 Å². The summed E-state index contributed by atoms with van der Waals surface area (Å²) >= 11 is 3.43. The van der Waals surface area contributed by atoms with Crippen molar-refractivity contribution in [3.8, 4) is 0 Å². The summed E-state index contributed by atoms with van der Waals surface area (Å²) < 4.78 is 8.93. The predicted molar refractivity (Wildman–Crippen MR) is 66.3 cm³/mol. The van der Waals surface area contributed by atoms with E-state index in [-0.39, 0.29) is 6.23 Å². The smallest absolute Gasteiger partial charge is 0.142 e. The van der Waals surface area contributed by atoms with Gasteiger partial charge < -0.3 is 9.30 Å². The van der Waals surface area contributed by atoms with Gasteiger partial charge in [0.25, 0.3) is 0 Å². The van der Waals surface area contributed by atoms with Gasteiger partial charge in [0.1, 0.15) is 11.9 Å². The highest BCUT2D eigenvalue weighted by molar-refractivity contribution is 9.10. The maximum atomic E-state index is 5.77. The summed E-state index contributed by atoms with van der Waals surface area (Å²) in [4.78, 5) is 4.45. The summed E-state index contributed by atoms with van der Waals surface area (Å²) in [5.41, 5.74) is 1.01. The first-order valence-electron chi connectivity index (χ1n) is 5.58. The van der Waals surface area contributed by atoms with Crippen molar-refractivity contribution < 1.29 is 4.74 Å². The molecule has 1 aliphatic heterocycles. The Morgan fingerprint density at radius 3 is 3.19 bits per heavy atom. The zero-order chi connectivity index (χ0) is 11.0. The minimum absolute atomic E-state index is 0.167. The Labute approximate surface area is 103 Å². The highest BCUT2D eigenvalue weighted by atomic mass is 79.9. The van der Waals surface area contributed by atoms with E-state index in [0.29, 0.717) is 0 Å². The first-order chi connectivity index (χ1) is 7.84. The van der Waals surface area contributed by atoms with Crippen molar-refractivity contribution in [2.24, 2.45) is 0 Å². The number of ether oxygens (including phenoxy) is 1. The number of nitrogens with zero attached hydrogens (tertiary/aromatic N) is 2. The van der Waals surface area contributed by atoms with E-state index in [0.717, 1.165) is 28.5 Å². The minimum Gasteiger partial charge on any atom is -0.358 e. The highest BCUT2D eigenvalue weighted by Gasteiger charge is 2.17. The van der Waals surface area contributed by atoms with Gasteiger partial charge in [-0.3, -0.25) is 0 Å². The fraction of sp³-hybridized carbons (Fsp3) is 0.417. The molecule has 84 valence electrons. The van der Waals surface area contributed by atoms with E-state index in [9.17, 15) is 0 Å². The van der Waals surface area contributed by atoms with Gasteiger partial charge in [-0.15, -0.1) is 0 Å². The predicted octanol–water partition coefficient (Wildman–Crippen LogP) is 3.50. The maximum Gasteiger partial charge on any atom is 0.142 e. The van der Waals surface area contributed by atoms with E-state index in [1.165, 1.54) is 12.8 Å². The van der Waals surface area contributed by atoms with Gasteiger partial charge in [0.2, 0.25) is 0 Å². The molecule has 16 heavy (non-hydrogen) atoms. The van der Waals surface area contributed by atoms with Gasteiger partial charge in [0, 0.05) is 28.9 Å². The molecule has 1 fully saturated rings. The Bertz CT molecular complexity index is 503. The third-order valence-electron chi connectivity index (χ3n) is 2.99. The second-order valence-corrected chi connectivity index (χ2v) is 5.03. The molecule has 1 saturated heterocycles. The van der Waals surface area contributed by atoms with Gasteiger partial charge in [-0.05, 0) is 47.3 Å². The summed E-state index contributed by atoms with van der Waals surface area (Å²) in [7, 11) is 0. The molecule has 0 unspecified atom stereocenters. The number of halogens is 1. The molecular formula is C12H13BrN2O. The summed E-state index contributed by atoms with van der Waals surface area (Å²) in [6, 6.07) is 4.17. The highest BCUT2D eigenvalue weighted by Crippen LogP contribution is 2.27. The number of fused-ring (bicyclic) bond motifs is 1. The molecule has 0 N–H and O–H groups in total. The Balaban J connectivity index is 2.03. The van der Waals surface area contributed by atoms with Crippen LogP contribution in [0, 0.1) is 0 Å². The average molecular weight is 281 g/mol. The standard InChI is InChI=1S/C12H13BrN2O/c13-10-7-9-4-5-15(12(9)14-8-10)11-3-1-2-6-16-11/h4-5,7-8,11H,1-3,6H2/t11-/m0/s1. The van der Waals surface area contributed by atoms with Crippen LogP contribution in [0.1, 0.15) is 25.5 Å². The Morgan fingerprint density at radius 2 is 2.38 bits per heavy atom. The first kappa shape index (κ1) is 10.3. The maximum absolute atomic E-state index is 5.77. The molecule has 0 bridgehead atoms. The van der Waals surface area contributed by atoms with Crippen molar-refractivity contribution in [3.63, 3.8) is 0 Å². The van der Waals surface area contributed by atoms with Gasteiger partial charge >= 0.3 is 0 Å². The number of pyridine rings is 1. The van der Waals surface area contributed by atoms with E-state index in [1.807, 2.05) is 6.20 Å². The van der Waals surface area contributed by atoms with Crippen LogP contribution < -0.4 is 0 Å². The number of aromatic nitrogens is 2. The minimum atomic E-state index is 0.167. The second kappa shape index (κ2) is 4.18. The van der Waals surface area contributed by atoms with Crippen LogP contribution in [-0.4, -0.2) is 16.2 Å². The number of hydrogen-bond donors (Lipinski definition) is 0. The SMILES string of the molecule is Brc1cnc2c(ccn2[C@@H]2CCCCO2)c1. The third-order valence-corrected chi connectivity index (χ3v) is 3.42. The molecule has 2 aromatic rings. The topological polar surface area (TPSA) is 27.1 Å². The van der Waals surface area contributed by atoms with Crippen LogP contribution in [0.2, 0.25) is 0 Å². The molecule has 0 aliphatic carbocycles. The molecule has 3 heterocycles. The lowest BCUT2D eigenvalue weighted by Gasteiger charge is -2.24. The van der Waals surface area contributed by atoms with Crippen LogP contribution in [0.3, 0.4) is 0 Å². The van der Waals surface area contributed by atoms with Crippen molar-refractivity contribution in [2.75, 3.05) is 6.61 Å². The molecule has 0 amide bonds. The van der Waals surface area contributed by atoms with Crippen molar-refractivity contribution >= 4 is 27.0 Å². The second-order valence-electron chi connectivity index (χ2n) is 4.11. The van der Waals surface area contributed by atoms with Crippen molar-refractivity contribution in [1.29, 1.82) is 0 Å². The van der Waals surface area contributed by atoms with E-state index in [1.54, 1.807) is 0 Å².